The van der Waals surface area contributed by atoms with Crippen molar-refractivity contribution in [3.05, 3.63) is 54.3 Å². The zero-order valence-corrected chi connectivity index (χ0v) is 19.6. The molecule has 3 aromatic rings. The van der Waals surface area contributed by atoms with Crippen molar-refractivity contribution in [3.8, 4) is 11.1 Å². The van der Waals surface area contributed by atoms with E-state index in [1.165, 1.54) is 12.4 Å². The second kappa shape index (κ2) is 9.02. The molecule has 1 unspecified atom stereocenters. The highest BCUT2D eigenvalue weighted by Gasteiger charge is 2.35. The minimum absolute atomic E-state index is 0.0533. The van der Waals surface area contributed by atoms with Crippen LogP contribution in [0, 0.1) is 5.92 Å². The van der Waals surface area contributed by atoms with Crippen molar-refractivity contribution in [3.63, 3.8) is 0 Å². The maximum atomic E-state index is 13.7. The number of aromatic nitrogens is 4. The molecule has 1 saturated carbocycles. The van der Waals surface area contributed by atoms with Crippen LogP contribution in [0.4, 0.5) is 22.0 Å². The molecule has 4 heterocycles. The van der Waals surface area contributed by atoms with Crippen LogP contribution in [0.1, 0.15) is 38.2 Å². The van der Waals surface area contributed by atoms with Gasteiger partial charge in [0, 0.05) is 60.9 Å². The number of aliphatic hydroxyl groups excluding tert-OH is 1. The fourth-order valence-corrected chi connectivity index (χ4v) is 4.85. The molecule has 6 nitrogen and oxygen atoms in total. The molecule has 0 spiro atoms. The van der Waals surface area contributed by atoms with Gasteiger partial charge in [0.15, 0.2) is 0 Å². The molecule has 0 radical (unpaired) electrons. The van der Waals surface area contributed by atoms with Crippen molar-refractivity contribution in [2.45, 2.75) is 64.0 Å². The number of alkyl halides is 5. The third kappa shape index (κ3) is 5.16. The molecule has 3 aromatic heterocycles. The number of hydrogen-bond acceptors (Lipinski definition) is 4. The van der Waals surface area contributed by atoms with Gasteiger partial charge < -0.3 is 15.0 Å². The van der Waals surface area contributed by atoms with Gasteiger partial charge in [-0.3, -0.25) is 9.67 Å². The Morgan fingerprint density at radius 3 is 2.58 bits per heavy atom. The van der Waals surface area contributed by atoms with Gasteiger partial charge in [-0.2, -0.15) is 18.3 Å². The van der Waals surface area contributed by atoms with Gasteiger partial charge >= 0.3 is 6.18 Å². The molecule has 2 N–H and O–H groups in total. The molecule has 1 fully saturated rings. The van der Waals surface area contributed by atoms with E-state index in [0.717, 1.165) is 26.9 Å². The third-order valence-electron chi connectivity index (χ3n) is 6.84. The zero-order chi connectivity index (χ0) is 25.7. The van der Waals surface area contributed by atoms with Crippen molar-refractivity contribution in [1.29, 1.82) is 0 Å². The van der Waals surface area contributed by atoms with E-state index in [9.17, 15) is 27.1 Å². The summed E-state index contributed by atoms with van der Waals surface area (Å²) in [4.78, 5) is 4.64. The first-order valence-electron chi connectivity index (χ1n) is 11.8. The Balaban J connectivity index is 1.53. The van der Waals surface area contributed by atoms with E-state index in [2.05, 4.69) is 15.4 Å². The van der Waals surface area contributed by atoms with E-state index in [1.807, 2.05) is 22.9 Å². The molecule has 5 rings (SSSR count). The molecule has 0 bridgehead atoms. The van der Waals surface area contributed by atoms with Crippen LogP contribution in [0.5, 0.6) is 0 Å². The average Bonchev–Trinajstić information content (AvgIpc) is 3.40. The zero-order valence-electron chi connectivity index (χ0n) is 19.6. The van der Waals surface area contributed by atoms with E-state index in [0.29, 0.717) is 36.0 Å². The molecule has 1 aliphatic carbocycles. The number of aliphatic hydroxyl groups is 1. The Kier molecular flexibility index (Phi) is 6.14. The van der Waals surface area contributed by atoms with Gasteiger partial charge in [-0.05, 0) is 49.0 Å². The Bertz CT molecular complexity index is 1330. The van der Waals surface area contributed by atoms with Gasteiger partial charge in [-0.25, -0.2) is 8.78 Å². The van der Waals surface area contributed by atoms with Gasteiger partial charge in [-0.1, -0.05) is 0 Å². The summed E-state index contributed by atoms with van der Waals surface area (Å²) in [5.41, 5.74) is 4.81. The second-order valence-electron chi connectivity index (χ2n) is 9.69. The number of pyridine rings is 1. The lowest BCUT2D eigenvalue weighted by atomic mass is 9.87. The Labute approximate surface area is 204 Å². The lowest BCUT2D eigenvalue weighted by Crippen LogP contribution is -2.27. The average molecular weight is 508 g/mol. The molecular formula is C25H26F5N5O. The summed E-state index contributed by atoms with van der Waals surface area (Å²) >= 11 is 0. The number of hydrogen-bond donors (Lipinski definition) is 2. The van der Waals surface area contributed by atoms with E-state index in [-0.39, 0.29) is 18.8 Å². The fraction of sp³-hybridized carbons (Fsp3) is 0.440. The summed E-state index contributed by atoms with van der Waals surface area (Å²) < 4.78 is 68.7. The molecule has 1 atom stereocenters. The number of fused-ring (bicyclic) bond motifs is 1. The van der Waals surface area contributed by atoms with Gasteiger partial charge in [0.25, 0.3) is 0 Å². The number of nitrogens with zero attached hydrogens (tertiary/aromatic N) is 4. The van der Waals surface area contributed by atoms with Gasteiger partial charge in [0.2, 0.25) is 5.92 Å². The Morgan fingerprint density at radius 1 is 1.14 bits per heavy atom. The first-order valence-corrected chi connectivity index (χ1v) is 11.8. The number of nitrogens with one attached hydrogen (secondary N) is 1. The monoisotopic (exact) mass is 507 g/mol. The van der Waals surface area contributed by atoms with E-state index >= 15 is 0 Å². The SMILES string of the molecule is CC1=CC(c2cnc3c(-c4cnn(CC(F)(F)F)c4)cn(CC4CCC(F)(F)CC4)c3c2)=CNC1O. The predicted octanol–water partition coefficient (Wildman–Crippen LogP) is 5.50. The van der Waals surface area contributed by atoms with Crippen LogP contribution in [-0.4, -0.2) is 42.8 Å². The summed E-state index contributed by atoms with van der Waals surface area (Å²) in [7, 11) is 0. The highest BCUT2D eigenvalue weighted by molar-refractivity contribution is 5.94. The van der Waals surface area contributed by atoms with E-state index in [1.54, 1.807) is 19.3 Å². The number of allylic oxidation sites excluding steroid dienone is 2. The normalized spacial score (nSPS) is 20.8. The van der Waals surface area contributed by atoms with Crippen molar-refractivity contribution in [2.75, 3.05) is 0 Å². The van der Waals surface area contributed by atoms with Crippen LogP contribution >= 0.6 is 0 Å². The Morgan fingerprint density at radius 2 is 1.89 bits per heavy atom. The van der Waals surface area contributed by atoms with Crippen molar-refractivity contribution in [2.24, 2.45) is 5.92 Å². The summed E-state index contributed by atoms with van der Waals surface area (Å²) in [6.45, 7) is 1.10. The van der Waals surface area contributed by atoms with Crippen molar-refractivity contribution >= 4 is 16.6 Å². The van der Waals surface area contributed by atoms with Crippen LogP contribution in [0.2, 0.25) is 0 Å². The Hall–Kier alpha value is -3.21. The maximum Gasteiger partial charge on any atom is 0.408 e. The summed E-state index contributed by atoms with van der Waals surface area (Å²) in [6, 6.07) is 1.93. The van der Waals surface area contributed by atoms with Crippen molar-refractivity contribution < 1.29 is 27.1 Å². The molecular weight excluding hydrogens is 481 g/mol. The second-order valence-corrected chi connectivity index (χ2v) is 9.69. The minimum Gasteiger partial charge on any atom is -0.370 e. The summed E-state index contributed by atoms with van der Waals surface area (Å²) in [6.07, 6.45) is 5.09. The van der Waals surface area contributed by atoms with E-state index < -0.39 is 24.9 Å². The quantitative estimate of drug-likeness (QED) is 0.448. The summed E-state index contributed by atoms with van der Waals surface area (Å²) in [5.74, 6) is -2.57. The minimum atomic E-state index is -4.39. The molecule has 1 aliphatic heterocycles. The highest BCUT2D eigenvalue weighted by atomic mass is 19.4. The highest BCUT2D eigenvalue weighted by Crippen LogP contribution is 2.38. The van der Waals surface area contributed by atoms with E-state index in [4.69, 9.17) is 0 Å². The predicted molar refractivity (Wildman–Crippen MR) is 125 cm³/mol. The van der Waals surface area contributed by atoms with Crippen LogP contribution in [-0.2, 0) is 13.1 Å². The number of rotatable bonds is 5. The van der Waals surface area contributed by atoms with Crippen LogP contribution in [0.25, 0.3) is 27.7 Å². The molecule has 0 amide bonds. The first-order chi connectivity index (χ1) is 17.0. The van der Waals surface area contributed by atoms with Gasteiger partial charge in [-0.15, -0.1) is 0 Å². The third-order valence-corrected chi connectivity index (χ3v) is 6.84. The summed E-state index contributed by atoms with van der Waals surface area (Å²) in [5, 5.41) is 16.6. The number of dihydropyridines is 1. The molecule has 2 aliphatic rings. The molecule has 11 heteroatoms. The smallest absolute Gasteiger partial charge is 0.370 e. The maximum absolute atomic E-state index is 13.7. The van der Waals surface area contributed by atoms with Crippen LogP contribution in [0.3, 0.4) is 0 Å². The lowest BCUT2D eigenvalue weighted by Gasteiger charge is -2.28. The molecule has 192 valence electrons. The standard InChI is InChI=1S/C25H26F5N5O/c1-15-6-17(9-32-23(15)36)18-7-21-22(31-8-18)20(19-10-33-35(12-19)14-25(28,29)30)13-34(21)11-16-2-4-24(26,27)5-3-16/h6-10,12-13,16,23,32,36H,2-5,11,14H2,1H3. The fourth-order valence-electron chi connectivity index (χ4n) is 4.85. The number of halogens is 5. The molecule has 0 aromatic carbocycles. The van der Waals surface area contributed by atoms with Crippen LogP contribution < -0.4 is 5.32 Å². The molecule has 36 heavy (non-hydrogen) atoms. The molecule has 0 saturated heterocycles. The lowest BCUT2D eigenvalue weighted by molar-refractivity contribution is -0.142. The van der Waals surface area contributed by atoms with Gasteiger partial charge in [0.05, 0.1) is 17.2 Å². The topological polar surface area (TPSA) is 67.9 Å². The largest absolute Gasteiger partial charge is 0.408 e. The first kappa shape index (κ1) is 24.5. The van der Waals surface area contributed by atoms with Crippen molar-refractivity contribution in [1.82, 2.24) is 24.6 Å². The van der Waals surface area contributed by atoms with Gasteiger partial charge in [0.1, 0.15) is 12.8 Å². The van der Waals surface area contributed by atoms with Crippen LogP contribution in [0.15, 0.2) is 48.7 Å².